The second-order valence-corrected chi connectivity index (χ2v) is 15.0. The highest BCUT2D eigenvalue weighted by Gasteiger charge is 2.23. The minimum Gasteiger partial charge on any atom is -0.308 e. The maximum Gasteiger partial charge on any atom is 0.0641 e. The fraction of sp³-hybridized carbons (Fsp3) is 0. The summed E-state index contributed by atoms with van der Waals surface area (Å²) < 4.78 is 5.22. The van der Waals surface area contributed by atoms with E-state index in [2.05, 4.69) is 193 Å². The molecule has 0 N–H and O–H groups in total. The van der Waals surface area contributed by atoms with Crippen molar-refractivity contribution in [2.75, 3.05) is 4.90 Å². The monoisotopic (exact) mass is 685 g/mol. The van der Waals surface area contributed by atoms with Crippen molar-refractivity contribution in [3.05, 3.63) is 188 Å². The molecule has 0 amide bonds. The lowest BCUT2D eigenvalue weighted by molar-refractivity contribution is 1.30. The molecule has 1 nitrogen and oxygen atoms in total. The van der Waals surface area contributed by atoms with Crippen molar-refractivity contribution in [2.24, 2.45) is 0 Å². The normalized spacial score (nSPS) is 11.5. The SMILES string of the molecule is c1ccc(-c2ccccc2N(c2ccc(-c3cccc4sc5ccccc5c34)cc2)c2ccc(-c3ccccc3)c3c2sc2ccccc23)cc1. The van der Waals surface area contributed by atoms with E-state index in [0.29, 0.717) is 0 Å². The highest BCUT2D eigenvalue weighted by Crippen LogP contribution is 2.50. The lowest BCUT2D eigenvalue weighted by Gasteiger charge is -2.29. The number of hydrogen-bond acceptors (Lipinski definition) is 3. The van der Waals surface area contributed by atoms with Gasteiger partial charge in [0.15, 0.2) is 0 Å². The molecule has 0 saturated carbocycles. The Balaban J connectivity index is 1.21. The predicted octanol–water partition coefficient (Wildman–Crippen LogP) is 14.9. The Kier molecular flexibility index (Phi) is 7.26. The van der Waals surface area contributed by atoms with Crippen molar-refractivity contribution in [1.29, 1.82) is 0 Å². The molecule has 0 fully saturated rings. The first-order valence-electron chi connectivity index (χ1n) is 17.3. The molecule has 3 heteroatoms. The Morgan fingerprint density at radius 3 is 1.59 bits per heavy atom. The zero-order valence-electron chi connectivity index (χ0n) is 27.7. The van der Waals surface area contributed by atoms with Crippen LogP contribution in [-0.4, -0.2) is 0 Å². The average Bonchev–Trinajstić information content (AvgIpc) is 3.79. The molecule has 2 aromatic heterocycles. The molecule has 0 aliphatic heterocycles. The molecule has 0 aliphatic rings. The maximum absolute atomic E-state index is 2.47. The van der Waals surface area contributed by atoms with Gasteiger partial charge in [0.1, 0.15) is 0 Å². The molecule has 0 spiro atoms. The summed E-state index contributed by atoms with van der Waals surface area (Å²) in [6, 6.07) is 68.5. The molecule has 0 radical (unpaired) electrons. The lowest BCUT2D eigenvalue weighted by Crippen LogP contribution is -2.11. The second-order valence-electron chi connectivity index (χ2n) is 12.8. The molecule has 0 atom stereocenters. The first kappa shape index (κ1) is 29.9. The van der Waals surface area contributed by atoms with E-state index in [9.17, 15) is 0 Å². The van der Waals surface area contributed by atoms with Gasteiger partial charge in [-0.05, 0) is 70.3 Å². The fourth-order valence-electron chi connectivity index (χ4n) is 7.59. The van der Waals surface area contributed by atoms with E-state index in [1.54, 1.807) is 0 Å². The molecule has 8 aromatic carbocycles. The Labute approximate surface area is 304 Å². The number of para-hydroxylation sites is 1. The van der Waals surface area contributed by atoms with E-state index in [1.807, 2.05) is 22.7 Å². The number of hydrogen-bond donors (Lipinski definition) is 0. The summed E-state index contributed by atoms with van der Waals surface area (Å²) in [6.45, 7) is 0. The van der Waals surface area contributed by atoms with Gasteiger partial charge in [-0.15, -0.1) is 22.7 Å². The highest BCUT2D eigenvalue weighted by atomic mass is 32.1. The first-order valence-corrected chi connectivity index (χ1v) is 18.9. The third kappa shape index (κ3) is 5.05. The van der Waals surface area contributed by atoms with Crippen molar-refractivity contribution in [1.82, 2.24) is 0 Å². The largest absolute Gasteiger partial charge is 0.308 e. The van der Waals surface area contributed by atoms with Crippen LogP contribution in [0.3, 0.4) is 0 Å². The number of thiophene rings is 2. The standard InChI is InChI=1S/C48H31NS2/c1-3-14-32(15-4-1)36-18-7-10-22-41(36)49(35-28-26-34(27-29-35)37-21-13-25-45-46(37)39-19-8-11-23-43(39)50-45)42-31-30-38(33-16-5-2-6-17-33)47-40-20-9-12-24-44(40)51-48(42)47/h1-31H. The molecule has 240 valence electrons. The van der Waals surface area contributed by atoms with Crippen LogP contribution in [-0.2, 0) is 0 Å². The van der Waals surface area contributed by atoms with Gasteiger partial charge >= 0.3 is 0 Å². The van der Waals surface area contributed by atoms with Gasteiger partial charge < -0.3 is 4.90 Å². The van der Waals surface area contributed by atoms with Crippen LogP contribution in [0.4, 0.5) is 17.1 Å². The lowest BCUT2D eigenvalue weighted by atomic mass is 9.97. The van der Waals surface area contributed by atoms with Gasteiger partial charge in [0.2, 0.25) is 0 Å². The number of rotatable bonds is 6. The van der Waals surface area contributed by atoms with Crippen LogP contribution in [0.5, 0.6) is 0 Å². The van der Waals surface area contributed by atoms with Crippen LogP contribution < -0.4 is 4.90 Å². The van der Waals surface area contributed by atoms with E-state index in [0.717, 1.165) is 11.4 Å². The van der Waals surface area contributed by atoms with Crippen LogP contribution in [0.25, 0.3) is 73.7 Å². The Morgan fingerprint density at radius 1 is 0.314 bits per heavy atom. The van der Waals surface area contributed by atoms with E-state index in [1.165, 1.54) is 79.4 Å². The Hall–Kier alpha value is -6.00. The number of anilines is 3. The van der Waals surface area contributed by atoms with Crippen molar-refractivity contribution < 1.29 is 0 Å². The Morgan fingerprint density at radius 2 is 0.843 bits per heavy atom. The quantitative estimate of drug-likeness (QED) is 0.168. The van der Waals surface area contributed by atoms with E-state index in [-0.39, 0.29) is 0 Å². The second kappa shape index (κ2) is 12.4. The summed E-state index contributed by atoms with van der Waals surface area (Å²) in [5.74, 6) is 0. The minimum atomic E-state index is 1.12. The van der Waals surface area contributed by atoms with Gasteiger partial charge in [-0.25, -0.2) is 0 Å². The van der Waals surface area contributed by atoms with Crippen molar-refractivity contribution >= 4 is 80.1 Å². The molecule has 0 unspecified atom stereocenters. The average molecular weight is 686 g/mol. The van der Waals surface area contributed by atoms with E-state index < -0.39 is 0 Å². The van der Waals surface area contributed by atoms with Gasteiger partial charge in [-0.1, -0.05) is 146 Å². The van der Waals surface area contributed by atoms with Crippen LogP contribution in [0.15, 0.2) is 188 Å². The summed E-state index contributed by atoms with van der Waals surface area (Å²) >= 11 is 3.75. The smallest absolute Gasteiger partial charge is 0.0641 e. The van der Waals surface area contributed by atoms with Crippen LogP contribution in [0.2, 0.25) is 0 Å². The molecular weight excluding hydrogens is 655 g/mol. The maximum atomic E-state index is 2.47. The fourth-order valence-corrected chi connectivity index (χ4v) is 9.96. The number of nitrogens with zero attached hydrogens (tertiary/aromatic N) is 1. The minimum absolute atomic E-state index is 1.12. The van der Waals surface area contributed by atoms with Crippen molar-refractivity contribution in [2.45, 2.75) is 0 Å². The highest BCUT2D eigenvalue weighted by molar-refractivity contribution is 7.26. The summed E-state index contributed by atoms with van der Waals surface area (Å²) in [6.07, 6.45) is 0. The summed E-state index contributed by atoms with van der Waals surface area (Å²) in [7, 11) is 0. The molecule has 0 bridgehead atoms. The van der Waals surface area contributed by atoms with Crippen LogP contribution >= 0.6 is 22.7 Å². The molecule has 51 heavy (non-hydrogen) atoms. The third-order valence-corrected chi connectivity index (χ3v) is 12.2. The zero-order valence-corrected chi connectivity index (χ0v) is 29.3. The van der Waals surface area contributed by atoms with Crippen LogP contribution in [0, 0.1) is 0 Å². The van der Waals surface area contributed by atoms with Gasteiger partial charge in [0.05, 0.1) is 16.1 Å². The van der Waals surface area contributed by atoms with E-state index >= 15 is 0 Å². The number of fused-ring (bicyclic) bond motifs is 6. The van der Waals surface area contributed by atoms with Crippen LogP contribution in [0.1, 0.15) is 0 Å². The van der Waals surface area contributed by atoms with Crippen molar-refractivity contribution in [3.8, 4) is 33.4 Å². The van der Waals surface area contributed by atoms with Gasteiger partial charge in [-0.3, -0.25) is 0 Å². The Bertz CT molecular complexity index is 2850. The molecule has 2 heterocycles. The molecule has 10 aromatic rings. The molecular formula is C48H31NS2. The molecule has 0 aliphatic carbocycles. The molecule has 0 saturated heterocycles. The molecule has 10 rings (SSSR count). The first-order chi connectivity index (χ1) is 25.3. The van der Waals surface area contributed by atoms with Gasteiger partial charge in [0.25, 0.3) is 0 Å². The number of benzene rings is 8. The third-order valence-electron chi connectivity index (χ3n) is 9.90. The zero-order chi connectivity index (χ0) is 33.7. The summed E-state index contributed by atoms with van der Waals surface area (Å²) in [5, 5.41) is 5.25. The predicted molar refractivity (Wildman–Crippen MR) is 223 cm³/mol. The summed E-state index contributed by atoms with van der Waals surface area (Å²) in [5.41, 5.74) is 10.8. The van der Waals surface area contributed by atoms with E-state index in [4.69, 9.17) is 0 Å². The topological polar surface area (TPSA) is 3.24 Å². The van der Waals surface area contributed by atoms with Gasteiger partial charge in [0, 0.05) is 46.9 Å². The van der Waals surface area contributed by atoms with Gasteiger partial charge in [-0.2, -0.15) is 0 Å². The summed E-state index contributed by atoms with van der Waals surface area (Å²) in [4.78, 5) is 2.47. The van der Waals surface area contributed by atoms with Crippen molar-refractivity contribution in [3.63, 3.8) is 0 Å².